The highest BCUT2D eigenvalue weighted by atomic mass is 16.6. The van der Waals surface area contributed by atoms with Gasteiger partial charge >= 0.3 is 0 Å². The predicted octanol–water partition coefficient (Wildman–Crippen LogP) is 3.13. The molecule has 1 saturated heterocycles. The second-order valence-corrected chi connectivity index (χ2v) is 14.1. The van der Waals surface area contributed by atoms with Crippen LogP contribution in [0.5, 0.6) is 0 Å². The van der Waals surface area contributed by atoms with Gasteiger partial charge in [-0.3, -0.25) is 4.79 Å². The van der Waals surface area contributed by atoms with Gasteiger partial charge in [0.2, 0.25) is 5.91 Å². The highest BCUT2D eigenvalue weighted by Crippen LogP contribution is 2.81. The van der Waals surface area contributed by atoms with Gasteiger partial charge in [-0.15, -0.1) is 0 Å². The fourth-order valence-electron chi connectivity index (χ4n) is 10.1. The molecule has 9 nitrogen and oxygen atoms in total. The van der Waals surface area contributed by atoms with Crippen LogP contribution in [0.15, 0.2) is 11.6 Å². The second kappa shape index (κ2) is 13.1. The smallest absolute Gasteiger partial charge is 0.247 e. The van der Waals surface area contributed by atoms with Crippen molar-refractivity contribution in [1.29, 1.82) is 0 Å². The first-order valence-corrected chi connectivity index (χ1v) is 16.6. The average Bonchev–Trinajstić information content (AvgIpc) is 3.50. The Bertz CT molecular complexity index is 958. The Morgan fingerprint density at radius 2 is 1.52 bits per heavy atom. The fraction of sp³-hybridized carbons (Fsp3) is 0.909. The lowest BCUT2D eigenvalue weighted by Gasteiger charge is -2.59. The van der Waals surface area contributed by atoms with E-state index in [9.17, 15) is 9.90 Å². The zero-order valence-corrected chi connectivity index (χ0v) is 25.8. The van der Waals surface area contributed by atoms with Crippen molar-refractivity contribution in [3.63, 3.8) is 0 Å². The third kappa shape index (κ3) is 5.72. The normalized spacial score (nSPS) is 45.3. The Balaban J connectivity index is 1.02. The lowest BCUT2D eigenvalue weighted by Crippen LogP contribution is -2.56. The maximum atomic E-state index is 13.7. The first-order chi connectivity index (χ1) is 20.4. The summed E-state index contributed by atoms with van der Waals surface area (Å²) in [5, 5.41) is 14.6. The molecule has 0 radical (unpaired) electrons. The van der Waals surface area contributed by atoms with Gasteiger partial charge in [-0.05, 0) is 74.0 Å². The van der Waals surface area contributed by atoms with Crippen molar-refractivity contribution in [3.8, 4) is 0 Å². The number of amides is 1. The molecule has 0 aromatic carbocycles. The number of carbonyl (C=O) groups is 1. The quantitative estimate of drug-likeness (QED) is 0.516. The molecule has 0 bridgehead atoms. The SMILES string of the molecule is C[C@]12CC[C@H]3[C@@H](C[C@H](O)[C@]45C[C@H]4CC[C@]35C)[C@@H]1CC=C2C(=O)NCC1COCCOCCOCCOCCOCCO1. The summed E-state index contributed by atoms with van der Waals surface area (Å²) >= 11 is 0. The first kappa shape index (κ1) is 30.9. The third-order valence-electron chi connectivity index (χ3n) is 12.3. The highest BCUT2D eigenvalue weighted by molar-refractivity contribution is 5.95. The number of rotatable bonds is 3. The summed E-state index contributed by atoms with van der Waals surface area (Å²) in [6, 6.07) is 0. The Morgan fingerprint density at radius 3 is 2.19 bits per heavy atom. The topological polar surface area (TPSA) is 105 Å². The number of aliphatic hydroxyl groups is 1. The van der Waals surface area contributed by atoms with E-state index in [1.54, 1.807) is 0 Å². The van der Waals surface area contributed by atoms with Crippen LogP contribution in [0.4, 0.5) is 0 Å². The summed E-state index contributed by atoms with van der Waals surface area (Å²) in [7, 11) is 0. The summed E-state index contributed by atoms with van der Waals surface area (Å²) in [5.41, 5.74) is 1.25. The molecule has 1 heterocycles. The number of nitrogens with one attached hydrogen (secondary N) is 1. The van der Waals surface area contributed by atoms with Crippen LogP contribution >= 0.6 is 0 Å². The summed E-state index contributed by atoms with van der Waals surface area (Å²) in [6.45, 7) is 10.5. The number of hydrogen-bond donors (Lipinski definition) is 2. The number of fused-ring (bicyclic) bond motifs is 4. The van der Waals surface area contributed by atoms with Crippen molar-refractivity contribution in [2.75, 3.05) is 79.2 Å². The van der Waals surface area contributed by atoms with Crippen molar-refractivity contribution in [3.05, 3.63) is 11.6 Å². The van der Waals surface area contributed by atoms with Crippen LogP contribution in [-0.2, 0) is 33.2 Å². The molecule has 0 aromatic heterocycles. The number of carbonyl (C=O) groups excluding carboxylic acids is 1. The predicted molar refractivity (Wildman–Crippen MR) is 156 cm³/mol. The fourth-order valence-corrected chi connectivity index (χ4v) is 10.1. The average molecular weight is 592 g/mol. The monoisotopic (exact) mass is 591 g/mol. The Labute approximate surface area is 251 Å². The van der Waals surface area contributed by atoms with Gasteiger partial charge in [0.05, 0.1) is 84.9 Å². The summed E-state index contributed by atoms with van der Waals surface area (Å²) in [6.07, 6.45) is 9.61. The van der Waals surface area contributed by atoms with E-state index in [4.69, 9.17) is 28.4 Å². The molecular weight excluding hydrogens is 538 g/mol. The second-order valence-electron chi connectivity index (χ2n) is 14.1. The van der Waals surface area contributed by atoms with Crippen LogP contribution in [0.3, 0.4) is 0 Å². The molecule has 1 unspecified atom stereocenters. The molecule has 5 fully saturated rings. The van der Waals surface area contributed by atoms with Gasteiger partial charge < -0.3 is 38.8 Å². The van der Waals surface area contributed by atoms with E-state index in [0.29, 0.717) is 97.0 Å². The van der Waals surface area contributed by atoms with Crippen LogP contribution in [0.2, 0.25) is 0 Å². The molecule has 9 heteroatoms. The number of ether oxygens (including phenoxy) is 6. The number of aliphatic hydroxyl groups excluding tert-OH is 1. The van der Waals surface area contributed by atoms with E-state index in [1.165, 1.54) is 25.7 Å². The van der Waals surface area contributed by atoms with E-state index >= 15 is 0 Å². The molecule has 2 N–H and O–H groups in total. The van der Waals surface area contributed by atoms with E-state index in [0.717, 1.165) is 30.8 Å². The maximum Gasteiger partial charge on any atom is 0.247 e. The highest BCUT2D eigenvalue weighted by Gasteiger charge is 2.77. The van der Waals surface area contributed by atoms with Crippen molar-refractivity contribution in [1.82, 2.24) is 5.32 Å². The van der Waals surface area contributed by atoms with Crippen LogP contribution in [0.1, 0.15) is 58.8 Å². The summed E-state index contributed by atoms with van der Waals surface area (Å²) in [4.78, 5) is 13.7. The van der Waals surface area contributed by atoms with E-state index in [2.05, 4.69) is 25.2 Å². The lowest BCUT2D eigenvalue weighted by atomic mass is 9.45. The van der Waals surface area contributed by atoms with Crippen molar-refractivity contribution < 1.29 is 38.3 Å². The molecule has 6 aliphatic rings. The summed E-state index contributed by atoms with van der Waals surface area (Å²) < 4.78 is 34.1. The minimum atomic E-state index is -0.282. The van der Waals surface area contributed by atoms with Crippen LogP contribution in [0, 0.1) is 39.9 Å². The van der Waals surface area contributed by atoms with Gasteiger partial charge in [0.25, 0.3) is 0 Å². The van der Waals surface area contributed by atoms with Crippen molar-refractivity contribution >= 4 is 5.91 Å². The molecule has 9 atom stereocenters. The van der Waals surface area contributed by atoms with Gasteiger partial charge in [-0.2, -0.15) is 0 Å². The lowest BCUT2D eigenvalue weighted by molar-refractivity contribution is -0.144. The number of allylic oxidation sites excluding steroid dienone is 1. The molecule has 238 valence electrons. The maximum absolute atomic E-state index is 13.7. The number of hydrogen-bond acceptors (Lipinski definition) is 8. The van der Waals surface area contributed by atoms with E-state index in [-0.39, 0.29) is 34.4 Å². The third-order valence-corrected chi connectivity index (χ3v) is 12.3. The van der Waals surface area contributed by atoms with Crippen molar-refractivity contribution in [2.24, 2.45) is 39.9 Å². The largest absolute Gasteiger partial charge is 0.393 e. The minimum Gasteiger partial charge on any atom is -0.393 e. The molecule has 1 aliphatic heterocycles. The molecule has 5 aliphatic carbocycles. The van der Waals surface area contributed by atoms with Crippen LogP contribution < -0.4 is 5.32 Å². The van der Waals surface area contributed by atoms with Crippen LogP contribution in [0.25, 0.3) is 0 Å². The molecule has 6 rings (SSSR count). The first-order valence-electron chi connectivity index (χ1n) is 16.6. The molecule has 42 heavy (non-hydrogen) atoms. The van der Waals surface area contributed by atoms with Gasteiger partial charge in [0.15, 0.2) is 0 Å². The zero-order chi connectivity index (χ0) is 29.2. The van der Waals surface area contributed by atoms with Gasteiger partial charge in [0.1, 0.15) is 0 Å². The molecule has 1 amide bonds. The Morgan fingerprint density at radius 1 is 0.881 bits per heavy atom. The van der Waals surface area contributed by atoms with Crippen molar-refractivity contribution in [2.45, 2.75) is 71.0 Å². The zero-order valence-electron chi connectivity index (χ0n) is 25.8. The minimum absolute atomic E-state index is 0.0143. The summed E-state index contributed by atoms with van der Waals surface area (Å²) in [5.74, 6) is 2.36. The molecule has 0 aromatic rings. The van der Waals surface area contributed by atoms with Crippen LogP contribution in [-0.4, -0.2) is 102 Å². The van der Waals surface area contributed by atoms with E-state index < -0.39 is 0 Å². The molecule has 1 spiro atoms. The van der Waals surface area contributed by atoms with Gasteiger partial charge in [0, 0.05) is 22.9 Å². The standard InChI is InChI=1S/C33H53NO8/c1-31-7-6-27-25(19-29(35)33-20-23(33)5-8-32(27,33)2)26(31)3-4-28(31)30(36)34-21-24-22-41-16-15-39-12-11-37-9-10-38-13-14-40-17-18-42-24/h4,23-27,29,35H,3,5-22H2,1-2H3,(H,34,36)/t23-,24?,25+,26+,27+,29+,31+,32-,33+/m1/s1. The van der Waals surface area contributed by atoms with E-state index in [1.807, 2.05) is 0 Å². The van der Waals surface area contributed by atoms with Gasteiger partial charge in [-0.1, -0.05) is 19.9 Å². The Hall–Kier alpha value is -1.07. The Kier molecular flexibility index (Phi) is 9.66. The molecule has 4 saturated carbocycles. The molecular formula is C33H53NO8. The van der Waals surface area contributed by atoms with Gasteiger partial charge in [-0.25, -0.2) is 0 Å².